The van der Waals surface area contributed by atoms with Gasteiger partial charge in [-0.15, -0.1) is 21.5 Å². The smallest absolute Gasteiger partial charge is 0.257 e. The highest BCUT2D eigenvalue weighted by Gasteiger charge is 2.23. The molecule has 0 bridgehead atoms. The van der Waals surface area contributed by atoms with Gasteiger partial charge >= 0.3 is 0 Å². The van der Waals surface area contributed by atoms with E-state index >= 15 is 0 Å². The Balaban J connectivity index is 1.61. The van der Waals surface area contributed by atoms with Crippen molar-refractivity contribution in [3.63, 3.8) is 0 Å². The van der Waals surface area contributed by atoms with Crippen LogP contribution >= 0.6 is 11.3 Å². The Hall–Kier alpha value is -2.06. The minimum absolute atomic E-state index is 0.101. The number of nitrogens with one attached hydrogen (secondary N) is 1. The van der Waals surface area contributed by atoms with Crippen LogP contribution in [0.5, 0.6) is 0 Å². The molecule has 23 heavy (non-hydrogen) atoms. The van der Waals surface area contributed by atoms with E-state index in [1.165, 1.54) is 0 Å². The first kappa shape index (κ1) is 15.8. The Morgan fingerprint density at radius 2 is 2.13 bits per heavy atom. The maximum absolute atomic E-state index is 5.63. The Kier molecular flexibility index (Phi) is 4.27. The number of hydrogen-bond donors (Lipinski definition) is 1. The van der Waals surface area contributed by atoms with Crippen molar-refractivity contribution in [2.75, 3.05) is 0 Å². The highest BCUT2D eigenvalue weighted by atomic mass is 32.1. The van der Waals surface area contributed by atoms with Crippen molar-refractivity contribution in [3.8, 4) is 10.8 Å². The maximum Gasteiger partial charge on any atom is 0.257 e. The van der Waals surface area contributed by atoms with E-state index in [4.69, 9.17) is 8.94 Å². The van der Waals surface area contributed by atoms with Crippen LogP contribution < -0.4 is 5.32 Å². The third kappa shape index (κ3) is 3.65. The fraction of sp³-hybridized carbons (Fsp3) is 0.467. The highest BCUT2D eigenvalue weighted by Crippen LogP contribution is 2.23. The lowest BCUT2D eigenvalue weighted by molar-refractivity contribution is 0.325. The normalized spacial score (nSPS) is 13.4. The molecule has 3 aromatic heterocycles. The molecule has 3 heterocycles. The Morgan fingerprint density at radius 1 is 1.30 bits per heavy atom. The second-order valence-electron chi connectivity index (χ2n) is 6.29. The minimum atomic E-state index is -0.135. The Labute approximate surface area is 138 Å². The predicted octanol–water partition coefficient (Wildman–Crippen LogP) is 3.33. The number of aromatic nitrogens is 4. The van der Waals surface area contributed by atoms with Gasteiger partial charge in [0.25, 0.3) is 5.89 Å². The van der Waals surface area contributed by atoms with Gasteiger partial charge in [0.05, 0.1) is 17.5 Å². The number of rotatable bonds is 5. The van der Waals surface area contributed by atoms with Crippen molar-refractivity contribution in [1.82, 2.24) is 25.7 Å². The van der Waals surface area contributed by atoms with Crippen molar-refractivity contribution in [1.29, 1.82) is 0 Å². The fourth-order valence-electron chi connectivity index (χ4n) is 1.87. The fourth-order valence-corrected chi connectivity index (χ4v) is 2.51. The molecule has 1 atom stereocenters. The molecule has 0 aliphatic heterocycles. The van der Waals surface area contributed by atoms with Crippen LogP contribution in [-0.4, -0.2) is 20.3 Å². The molecule has 0 unspecified atom stereocenters. The number of thiophene rings is 1. The maximum atomic E-state index is 5.63. The van der Waals surface area contributed by atoms with E-state index in [2.05, 4.69) is 25.7 Å². The summed E-state index contributed by atoms with van der Waals surface area (Å²) in [5.74, 6) is 2.31. The van der Waals surface area contributed by atoms with E-state index in [-0.39, 0.29) is 11.5 Å². The van der Waals surface area contributed by atoms with E-state index in [0.29, 0.717) is 30.0 Å². The second-order valence-corrected chi connectivity index (χ2v) is 7.23. The van der Waals surface area contributed by atoms with Crippen LogP contribution in [0.1, 0.15) is 51.3 Å². The standard InChI is InChI=1S/C15H19N5O2S/c1-9(12-17-14(20-22-12)15(2,3)4)16-8-11-18-19-13(21-11)10-6-5-7-23-10/h5-7,9,16H,8H2,1-4H3/t9-/m0/s1. The summed E-state index contributed by atoms with van der Waals surface area (Å²) >= 11 is 1.57. The van der Waals surface area contributed by atoms with Gasteiger partial charge in [0.2, 0.25) is 11.8 Å². The lowest BCUT2D eigenvalue weighted by Gasteiger charge is -2.11. The molecule has 0 aliphatic rings. The zero-order chi connectivity index (χ0) is 16.4. The molecule has 0 amide bonds. The van der Waals surface area contributed by atoms with Gasteiger partial charge in [-0.2, -0.15) is 4.98 Å². The van der Waals surface area contributed by atoms with Gasteiger partial charge in [-0.05, 0) is 18.4 Å². The van der Waals surface area contributed by atoms with Gasteiger partial charge < -0.3 is 8.94 Å². The Bertz CT molecular complexity index is 757. The molecular formula is C15H19N5O2S. The zero-order valence-electron chi connectivity index (χ0n) is 13.5. The highest BCUT2D eigenvalue weighted by molar-refractivity contribution is 7.13. The summed E-state index contributed by atoms with van der Waals surface area (Å²) < 4.78 is 10.9. The first-order chi connectivity index (χ1) is 10.9. The number of nitrogens with zero attached hydrogens (tertiary/aromatic N) is 4. The van der Waals surface area contributed by atoms with Gasteiger partial charge in [0.1, 0.15) is 0 Å². The summed E-state index contributed by atoms with van der Waals surface area (Å²) in [4.78, 5) is 5.40. The van der Waals surface area contributed by atoms with Crippen molar-refractivity contribution in [3.05, 3.63) is 35.1 Å². The Morgan fingerprint density at radius 3 is 2.78 bits per heavy atom. The minimum Gasteiger partial charge on any atom is -0.419 e. The summed E-state index contributed by atoms with van der Waals surface area (Å²) in [5, 5.41) is 17.3. The molecule has 8 heteroatoms. The molecule has 122 valence electrons. The van der Waals surface area contributed by atoms with E-state index in [0.717, 1.165) is 4.88 Å². The van der Waals surface area contributed by atoms with Crippen LogP contribution in [0, 0.1) is 0 Å². The third-order valence-electron chi connectivity index (χ3n) is 3.24. The summed E-state index contributed by atoms with van der Waals surface area (Å²) in [6.45, 7) is 8.53. The first-order valence-electron chi connectivity index (χ1n) is 7.37. The van der Waals surface area contributed by atoms with Crippen LogP contribution in [-0.2, 0) is 12.0 Å². The molecule has 3 rings (SSSR count). The molecule has 0 spiro atoms. The van der Waals surface area contributed by atoms with Crippen molar-refractivity contribution < 1.29 is 8.94 Å². The average Bonchev–Trinajstić information content (AvgIpc) is 3.22. The van der Waals surface area contributed by atoms with E-state index < -0.39 is 0 Å². The van der Waals surface area contributed by atoms with E-state index in [1.807, 2.05) is 45.2 Å². The molecule has 7 nitrogen and oxygen atoms in total. The monoisotopic (exact) mass is 333 g/mol. The van der Waals surface area contributed by atoms with Gasteiger partial charge in [-0.1, -0.05) is 32.0 Å². The first-order valence-corrected chi connectivity index (χ1v) is 8.25. The van der Waals surface area contributed by atoms with Crippen molar-refractivity contribution >= 4 is 11.3 Å². The SMILES string of the molecule is C[C@H](NCc1nnc(-c2cccs2)o1)c1nc(C(C)(C)C)no1. The molecule has 3 aromatic rings. The summed E-state index contributed by atoms with van der Waals surface area (Å²) in [6.07, 6.45) is 0. The summed E-state index contributed by atoms with van der Waals surface area (Å²) in [7, 11) is 0. The van der Waals surface area contributed by atoms with Crippen molar-refractivity contribution in [2.45, 2.75) is 45.7 Å². The molecule has 0 saturated carbocycles. The molecule has 0 saturated heterocycles. The largest absolute Gasteiger partial charge is 0.419 e. The van der Waals surface area contributed by atoms with E-state index in [1.54, 1.807) is 11.3 Å². The topological polar surface area (TPSA) is 89.9 Å². The summed E-state index contributed by atoms with van der Waals surface area (Å²) in [5.41, 5.74) is -0.135. The van der Waals surface area contributed by atoms with E-state index in [9.17, 15) is 0 Å². The molecule has 0 aromatic carbocycles. The predicted molar refractivity (Wildman–Crippen MR) is 85.9 cm³/mol. The molecule has 0 aliphatic carbocycles. The van der Waals surface area contributed by atoms with Crippen LogP contribution in [0.15, 0.2) is 26.5 Å². The molecule has 0 fully saturated rings. The third-order valence-corrected chi connectivity index (χ3v) is 4.10. The van der Waals surface area contributed by atoms with Crippen LogP contribution in [0.25, 0.3) is 10.8 Å². The van der Waals surface area contributed by atoms with Gasteiger partial charge in [0, 0.05) is 5.41 Å². The van der Waals surface area contributed by atoms with Gasteiger partial charge in [-0.3, -0.25) is 5.32 Å². The number of hydrogen-bond acceptors (Lipinski definition) is 8. The summed E-state index contributed by atoms with van der Waals surface area (Å²) in [6, 6.07) is 3.80. The van der Waals surface area contributed by atoms with Gasteiger partial charge in [0.15, 0.2) is 5.82 Å². The lowest BCUT2D eigenvalue weighted by atomic mass is 9.96. The van der Waals surface area contributed by atoms with Crippen LogP contribution in [0.2, 0.25) is 0 Å². The zero-order valence-corrected chi connectivity index (χ0v) is 14.3. The molecule has 0 radical (unpaired) electrons. The molecular weight excluding hydrogens is 314 g/mol. The quantitative estimate of drug-likeness (QED) is 0.766. The molecule has 1 N–H and O–H groups in total. The van der Waals surface area contributed by atoms with Crippen LogP contribution in [0.4, 0.5) is 0 Å². The second kappa shape index (κ2) is 6.21. The van der Waals surface area contributed by atoms with Crippen molar-refractivity contribution in [2.24, 2.45) is 0 Å². The average molecular weight is 333 g/mol. The van der Waals surface area contributed by atoms with Gasteiger partial charge in [-0.25, -0.2) is 0 Å². The van der Waals surface area contributed by atoms with Crippen LogP contribution in [0.3, 0.4) is 0 Å². The lowest BCUT2D eigenvalue weighted by Crippen LogP contribution is -2.19.